The largest absolute Gasteiger partial charge is 0.481 e. The van der Waals surface area contributed by atoms with Crippen LogP contribution in [0.4, 0.5) is 0 Å². The van der Waals surface area contributed by atoms with Gasteiger partial charge in [0.25, 0.3) is 0 Å². The van der Waals surface area contributed by atoms with Gasteiger partial charge in [-0.05, 0) is 29.9 Å². The summed E-state index contributed by atoms with van der Waals surface area (Å²) in [6.07, 6.45) is 2.17. The minimum Gasteiger partial charge on any atom is -0.481 e. The Morgan fingerprint density at radius 3 is 2.34 bits per heavy atom. The van der Waals surface area contributed by atoms with Gasteiger partial charge in [0.2, 0.25) is 11.9 Å². The van der Waals surface area contributed by atoms with Crippen LogP contribution in [0.2, 0.25) is 0 Å². The molecule has 0 spiro atoms. The molecule has 9 heteroatoms. The van der Waals surface area contributed by atoms with Crippen LogP contribution in [0, 0.1) is 22.0 Å². The van der Waals surface area contributed by atoms with Crippen molar-refractivity contribution in [3.05, 3.63) is 81.9 Å². The minimum absolute atomic E-state index is 0.0196. The van der Waals surface area contributed by atoms with Crippen LogP contribution in [0.3, 0.4) is 0 Å². The number of carbonyl (C=O) groups is 2. The van der Waals surface area contributed by atoms with E-state index < -0.39 is 36.1 Å². The third-order valence-electron chi connectivity index (χ3n) is 7.40. The number of unbranched alkanes of at least 4 members (excludes halogenated alkanes) is 2. The molecule has 1 amide bonds. The van der Waals surface area contributed by atoms with Crippen LogP contribution in [0.5, 0.6) is 0 Å². The fourth-order valence-electron chi connectivity index (χ4n) is 5.23. The zero-order valence-corrected chi connectivity index (χ0v) is 22.1. The number of ether oxygens (including phenoxy) is 1. The monoisotopic (exact) mass is 525 g/mol. The van der Waals surface area contributed by atoms with E-state index in [2.05, 4.69) is 10.6 Å². The van der Waals surface area contributed by atoms with E-state index >= 15 is 0 Å². The Kier molecular flexibility index (Phi) is 11.2. The molecule has 2 aromatic rings. The van der Waals surface area contributed by atoms with Crippen molar-refractivity contribution in [1.82, 2.24) is 10.6 Å². The average molecular weight is 526 g/mol. The third-order valence-corrected chi connectivity index (χ3v) is 7.40. The molecule has 3 rings (SSSR count). The molecule has 38 heavy (non-hydrogen) atoms. The van der Waals surface area contributed by atoms with Gasteiger partial charge in [0, 0.05) is 17.9 Å². The number of nitro groups is 1. The number of nitrogens with zero attached hydrogens (tertiary/aromatic N) is 1. The highest BCUT2D eigenvalue weighted by Crippen LogP contribution is 2.39. The maximum atomic E-state index is 13.5. The number of aliphatic carboxylic acids is 1. The average Bonchev–Trinajstić information content (AvgIpc) is 3.32. The molecule has 9 nitrogen and oxygen atoms in total. The van der Waals surface area contributed by atoms with Crippen molar-refractivity contribution < 1.29 is 24.4 Å². The fourth-order valence-corrected chi connectivity index (χ4v) is 5.23. The van der Waals surface area contributed by atoms with Crippen LogP contribution in [-0.4, -0.2) is 46.6 Å². The third kappa shape index (κ3) is 7.85. The van der Waals surface area contributed by atoms with Gasteiger partial charge >= 0.3 is 5.97 Å². The number of amides is 1. The van der Waals surface area contributed by atoms with Crippen molar-refractivity contribution in [3.63, 3.8) is 0 Å². The molecule has 0 aromatic heterocycles. The van der Waals surface area contributed by atoms with Crippen LogP contribution < -0.4 is 10.6 Å². The van der Waals surface area contributed by atoms with Crippen LogP contribution in [-0.2, 0) is 20.9 Å². The molecule has 6 atom stereocenters. The van der Waals surface area contributed by atoms with Gasteiger partial charge in [0.15, 0.2) is 0 Å². The quantitative estimate of drug-likeness (QED) is 0.179. The number of nitrogens with one attached hydrogen (secondary N) is 2. The summed E-state index contributed by atoms with van der Waals surface area (Å²) in [5.41, 5.74) is 1.72. The van der Waals surface area contributed by atoms with Gasteiger partial charge in [-0.15, -0.1) is 0 Å². The summed E-state index contributed by atoms with van der Waals surface area (Å²) in [5.74, 6) is -1.85. The van der Waals surface area contributed by atoms with Crippen molar-refractivity contribution in [2.75, 3.05) is 6.54 Å². The topological polar surface area (TPSA) is 131 Å². The Balaban J connectivity index is 1.85. The molecule has 1 fully saturated rings. The Morgan fingerprint density at radius 1 is 1.08 bits per heavy atom. The summed E-state index contributed by atoms with van der Waals surface area (Å²) in [7, 11) is 0. The van der Waals surface area contributed by atoms with E-state index in [4.69, 9.17) is 9.84 Å². The Hall–Kier alpha value is -3.30. The highest BCUT2D eigenvalue weighted by molar-refractivity contribution is 5.83. The van der Waals surface area contributed by atoms with Crippen molar-refractivity contribution in [3.8, 4) is 0 Å². The van der Waals surface area contributed by atoms with Gasteiger partial charge in [0.1, 0.15) is 6.04 Å². The van der Waals surface area contributed by atoms with Crippen LogP contribution in [0.1, 0.15) is 63.1 Å². The molecule has 1 saturated heterocycles. The predicted octanol–water partition coefficient (Wildman–Crippen LogP) is 4.35. The van der Waals surface area contributed by atoms with E-state index in [1.807, 2.05) is 74.5 Å². The number of carbonyl (C=O) groups excluding carboxylic acids is 1. The summed E-state index contributed by atoms with van der Waals surface area (Å²) >= 11 is 0. The number of rotatable bonds is 15. The first-order valence-corrected chi connectivity index (χ1v) is 13.4. The molecule has 0 radical (unpaired) electrons. The predicted molar refractivity (Wildman–Crippen MR) is 144 cm³/mol. The van der Waals surface area contributed by atoms with E-state index in [1.54, 1.807) is 0 Å². The molecule has 1 heterocycles. The molecule has 206 valence electrons. The van der Waals surface area contributed by atoms with E-state index in [0.29, 0.717) is 32.4 Å². The molecular weight excluding hydrogens is 486 g/mol. The van der Waals surface area contributed by atoms with E-state index in [9.17, 15) is 19.7 Å². The lowest BCUT2D eigenvalue weighted by Crippen LogP contribution is -2.51. The van der Waals surface area contributed by atoms with Crippen molar-refractivity contribution in [2.24, 2.45) is 11.8 Å². The second kappa shape index (κ2) is 14.6. The minimum atomic E-state index is -1.06. The van der Waals surface area contributed by atoms with Crippen molar-refractivity contribution >= 4 is 11.9 Å². The van der Waals surface area contributed by atoms with Gasteiger partial charge in [-0.3, -0.25) is 25.0 Å². The van der Waals surface area contributed by atoms with E-state index in [-0.39, 0.29) is 23.2 Å². The summed E-state index contributed by atoms with van der Waals surface area (Å²) in [5, 5.41) is 27.6. The van der Waals surface area contributed by atoms with Gasteiger partial charge in [-0.1, -0.05) is 87.4 Å². The maximum Gasteiger partial charge on any atom is 0.303 e. The lowest BCUT2D eigenvalue weighted by atomic mass is 9.80. The SMILES string of the molecule is CC[C@H](C)[C@@H](OCc1ccccc1)[C@H]1[C@H]([N+](=O)[O-])[C@H](c2ccccc2)N[C@@H]1C(=O)NCCCCCC(=O)O. The number of carboxylic acid groups (broad SMARTS) is 1. The fraction of sp³-hybridized carbons (Fsp3) is 0.517. The van der Waals surface area contributed by atoms with Crippen LogP contribution in [0.15, 0.2) is 60.7 Å². The smallest absolute Gasteiger partial charge is 0.303 e. The van der Waals surface area contributed by atoms with Gasteiger partial charge in [-0.2, -0.15) is 0 Å². The van der Waals surface area contributed by atoms with Gasteiger partial charge < -0.3 is 15.2 Å². The van der Waals surface area contributed by atoms with Crippen molar-refractivity contribution in [1.29, 1.82) is 0 Å². The standard InChI is InChI=1S/C29H39N3O6/c1-3-20(2)28(38-19-21-13-7-4-8-14-21)24-26(29(35)30-18-12-6-11-17-23(33)34)31-25(27(24)32(36)37)22-15-9-5-10-16-22/h4-5,7-10,13-16,20,24-28,31H,3,6,11-12,17-19H2,1-2H3,(H,30,35)(H,33,34)/t20-,24+,25-,26-,27-,28+/m0/s1. The van der Waals surface area contributed by atoms with Crippen LogP contribution in [0.25, 0.3) is 0 Å². The van der Waals surface area contributed by atoms with E-state index in [1.165, 1.54) is 0 Å². The first-order chi connectivity index (χ1) is 18.3. The molecule has 0 bridgehead atoms. The summed E-state index contributed by atoms with van der Waals surface area (Å²) < 4.78 is 6.41. The lowest BCUT2D eigenvalue weighted by molar-refractivity contribution is -0.535. The highest BCUT2D eigenvalue weighted by atomic mass is 16.6. The molecule has 0 saturated carbocycles. The number of hydrogen-bond acceptors (Lipinski definition) is 6. The Labute approximate surface area is 224 Å². The molecule has 1 aliphatic heterocycles. The first kappa shape index (κ1) is 29.3. The van der Waals surface area contributed by atoms with Gasteiger partial charge in [-0.25, -0.2) is 0 Å². The van der Waals surface area contributed by atoms with Crippen LogP contribution >= 0.6 is 0 Å². The molecule has 3 N–H and O–H groups in total. The van der Waals surface area contributed by atoms with E-state index in [0.717, 1.165) is 17.5 Å². The number of hydrogen-bond donors (Lipinski definition) is 3. The summed E-state index contributed by atoms with van der Waals surface area (Å²) in [6, 6.07) is 16.4. The Morgan fingerprint density at radius 2 is 1.74 bits per heavy atom. The molecule has 2 aromatic carbocycles. The molecule has 1 aliphatic rings. The molecule has 0 unspecified atom stereocenters. The molecular formula is C29H39N3O6. The zero-order chi connectivity index (χ0) is 27.5. The highest BCUT2D eigenvalue weighted by Gasteiger charge is 2.57. The number of benzene rings is 2. The second-order valence-corrected chi connectivity index (χ2v) is 10.0. The molecule has 0 aliphatic carbocycles. The maximum absolute atomic E-state index is 13.5. The summed E-state index contributed by atoms with van der Waals surface area (Å²) in [4.78, 5) is 36.5. The van der Waals surface area contributed by atoms with Gasteiger partial charge in [0.05, 0.1) is 24.7 Å². The Bertz CT molecular complexity index is 1040. The first-order valence-electron chi connectivity index (χ1n) is 13.4. The summed E-state index contributed by atoms with van der Waals surface area (Å²) in [6.45, 7) is 4.71. The van der Waals surface area contributed by atoms with Crippen molar-refractivity contribution in [2.45, 2.75) is 76.8 Å². The normalized spacial score (nSPS) is 22.5. The second-order valence-electron chi connectivity index (χ2n) is 10.0. The lowest BCUT2D eigenvalue weighted by Gasteiger charge is -2.32. The zero-order valence-electron chi connectivity index (χ0n) is 22.1. The number of carboxylic acids is 1.